The summed E-state index contributed by atoms with van der Waals surface area (Å²) >= 11 is 0. The van der Waals surface area contributed by atoms with Gasteiger partial charge in [-0.1, -0.05) is 42.8 Å². The van der Waals surface area contributed by atoms with E-state index >= 15 is 0 Å². The van der Waals surface area contributed by atoms with Gasteiger partial charge in [0.15, 0.2) is 0 Å². The zero-order valence-corrected chi connectivity index (χ0v) is 12.4. The first-order valence-corrected chi connectivity index (χ1v) is 7.85. The van der Waals surface area contributed by atoms with Crippen LogP contribution >= 0.6 is 0 Å². The van der Waals surface area contributed by atoms with Crippen LogP contribution in [0.3, 0.4) is 0 Å². The molecule has 1 N–H and O–H groups in total. The summed E-state index contributed by atoms with van der Waals surface area (Å²) in [7, 11) is 0. The highest BCUT2D eigenvalue weighted by atomic mass is 15.2. The van der Waals surface area contributed by atoms with Crippen LogP contribution in [0.4, 0.5) is 5.82 Å². The van der Waals surface area contributed by atoms with Crippen LogP contribution in [-0.4, -0.2) is 29.0 Å². The van der Waals surface area contributed by atoms with Gasteiger partial charge in [-0.15, -0.1) is 0 Å². The van der Waals surface area contributed by atoms with E-state index in [4.69, 9.17) is 0 Å². The summed E-state index contributed by atoms with van der Waals surface area (Å²) in [5.41, 5.74) is 1.40. The Balaban J connectivity index is 1.59. The topological polar surface area (TPSA) is 28.2 Å². The molecule has 0 saturated carbocycles. The van der Waals surface area contributed by atoms with E-state index in [-0.39, 0.29) is 0 Å². The summed E-state index contributed by atoms with van der Waals surface area (Å²) < 4.78 is 0. The third kappa shape index (κ3) is 4.05. The van der Waals surface area contributed by atoms with Gasteiger partial charge in [0.25, 0.3) is 0 Å². The molecule has 0 amide bonds. The van der Waals surface area contributed by atoms with E-state index < -0.39 is 0 Å². The van der Waals surface area contributed by atoms with Crippen molar-refractivity contribution in [2.45, 2.75) is 31.8 Å². The van der Waals surface area contributed by atoms with Crippen molar-refractivity contribution in [2.24, 2.45) is 0 Å². The number of rotatable bonds is 5. The SMILES string of the molecule is c1ccc(CN2CCCCC2CNc2ccccn2)cc1. The molecule has 3 heteroatoms. The van der Waals surface area contributed by atoms with Gasteiger partial charge >= 0.3 is 0 Å². The maximum atomic E-state index is 4.34. The third-order valence-corrected chi connectivity index (χ3v) is 4.16. The van der Waals surface area contributed by atoms with Crippen LogP contribution in [-0.2, 0) is 6.54 Å². The van der Waals surface area contributed by atoms with Crippen LogP contribution in [0.25, 0.3) is 0 Å². The summed E-state index contributed by atoms with van der Waals surface area (Å²) in [6.07, 6.45) is 5.75. The predicted molar refractivity (Wildman–Crippen MR) is 87.2 cm³/mol. The van der Waals surface area contributed by atoms with E-state index in [2.05, 4.69) is 45.5 Å². The number of anilines is 1. The Morgan fingerprint density at radius 2 is 1.90 bits per heavy atom. The molecule has 1 aromatic carbocycles. The van der Waals surface area contributed by atoms with Gasteiger partial charge in [0, 0.05) is 25.3 Å². The number of hydrogen-bond acceptors (Lipinski definition) is 3. The normalized spacial score (nSPS) is 19.3. The Hall–Kier alpha value is -1.87. The fraction of sp³-hybridized carbons (Fsp3) is 0.389. The number of pyridine rings is 1. The zero-order chi connectivity index (χ0) is 14.3. The number of hydrogen-bond donors (Lipinski definition) is 1. The number of nitrogens with one attached hydrogen (secondary N) is 1. The number of piperidine rings is 1. The summed E-state index contributed by atoms with van der Waals surface area (Å²) in [5, 5.41) is 3.48. The fourth-order valence-corrected chi connectivity index (χ4v) is 3.01. The van der Waals surface area contributed by atoms with Gasteiger partial charge in [-0.2, -0.15) is 0 Å². The number of likely N-dealkylation sites (tertiary alicyclic amines) is 1. The maximum absolute atomic E-state index is 4.34. The number of benzene rings is 1. The lowest BCUT2D eigenvalue weighted by Gasteiger charge is -2.36. The Bertz CT molecular complexity index is 527. The van der Waals surface area contributed by atoms with E-state index in [1.165, 1.54) is 31.4 Å². The molecule has 0 aliphatic carbocycles. The van der Waals surface area contributed by atoms with Gasteiger partial charge in [0.2, 0.25) is 0 Å². The quantitative estimate of drug-likeness (QED) is 0.908. The molecule has 1 aliphatic heterocycles. The van der Waals surface area contributed by atoms with Crippen LogP contribution in [0.1, 0.15) is 24.8 Å². The highest BCUT2D eigenvalue weighted by Crippen LogP contribution is 2.20. The van der Waals surface area contributed by atoms with Crippen molar-refractivity contribution in [3.05, 3.63) is 60.3 Å². The average Bonchev–Trinajstić information content (AvgIpc) is 2.56. The summed E-state index contributed by atoms with van der Waals surface area (Å²) in [5.74, 6) is 0.975. The summed E-state index contributed by atoms with van der Waals surface area (Å²) in [6, 6.07) is 17.4. The molecule has 1 fully saturated rings. The van der Waals surface area contributed by atoms with Gasteiger partial charge in [-0.25, -0.2) is 4.98 Å². The molecule has 1 unspecified atom stereocenters. The van der Waals surface area contributed by atoms with Crippen molar-refractivity contribution in [3.8, 4) is 0 Å². The van der Waals surface area contributed by atoms with Crippen molar-refractivity contribution < 1.29 is 0 Å². The summed E-state index contributed by atoms with van der Waals surface area (Å²) in [6.45, 7) is 3.22. The Labute approximate surface area is 127 Å². The van der Waals surface area contributed by atoms with Crippen molar-refractivity contribution in [3.63, 3.8) is 0 Å². The lowest BCUT2D eigenvalue weighted by atomic mass is 10.0. The molecule has 0 bridgehead atoms. The van der Waals surface area contributed by atoms with Gasteiger partial charge in [0.05, 0.1) is 0 Å². The van der Waals surface area contributed by atoms with Crippen LogP contribution in [0, 0.1) is 0 Å². The van der Waals surface area contributed by atoms with E-state index in [1.54, 1.807) is 0 Å². The van der Waals surface area contributed by atoms with Gasteiger partial charge in [0.1, 0.15) is 5.82 Å². The molecule has 110 valence electrons. The molecule has 2 aromatic rings. The van der Waals surface area contributed by atoms with E-state index in [0.717, 1.165) is 18.9 Å². The van der Waals surface area contributed by atoms with Crippen molar-refractivity contribution in [1.82, 2.24) is 9.88 Å². The average molecular weight is 281 g/mol. The minimum atomic E-state index is 0.598. The lowest BCUT2D eigenvalue weighted by molar-refractivity contribution is 0.148. The second-order valence-corrected chi connectivity index (χ2v) is 5.70. The summed E-state index contributed by atoms with van der Waals surface area (Å²) in [4.78, 5) is 6.95. The first kappa shape index (κ1) is 14.1. The van der Waals surface area contributed by atoms with Gasteiger partial charge in [-0.3, -0.25) is 4.90 Å². The number of nitrogens with zero attached hydrogens (tertiary/aromatic N) is 2. The molecule has 0 spiro atoms. The Kier molecular flexibility index (Phi) is 4.85. The molecule has 1 atom stereocenters. The van der Waals surface area contributed by atoms with Gasteiger partial charge < -0.3 is 5.32 Å². The first-order chi connectivity index (χ1) is 10.4. The largest absolute Gasteiger partial charge is 0.369 e. The second kappa shape index (κ2) is 7.23. The molecule has 1 aliphatic rings. The molecule has 2 heterocycles. The predicted octanol–water partition coefficient (Wildman–Crippen LogP) is 3.55. The molecule has 0 radical (unpaired) electrons. The molecule has 3 nitrogen and oxygen atoms in total. The highest BCUT2D eigenvalue weighted by molar-refractivity contribution is 5.33. The van der Waals surface area contributed by atoms with Crippen LogP contribution < -0.4 is 5.32 Å². The highest BCUT2D eigenvalue weighted by Gasteiger charge is 2.22. The molecule has 3 rings (SSSR count). The monoisotopic (exact) mass is 281 g/mol. The van der Waals surface area contributed by atoms with E-state index in [1.807, 2.05) is 24.4 Å². The lowest BCUT2D eigenvalue weighted by Crippen LogP contribution is -2.43. The van der Waals surface area contributed by atoms with E-state index in [9.17, 15) is 0 Å². The first-order valence-electron chi connectivity index (χ1n) is 7.85. The van der Waals surface area contributed by atoms with Crippen molar-refractivity contribution in [2.75, 3.05) is 18.4 Å². The Morgan fingerprint density at radius 3 is 2.71 bits per heavy atom. The van der Waals surface area contributed by atoms with Gasteiger partial charge in [-0.05, 0) is 37.1 Å². The smallest absolute Gasteiger partial charge is 0.125 e. The zero-order valence-electron chi connectivity index (χ0n) is 12.4. The third-order valence-electron chi connectivity index (χ3n) is 4.16. The fourth-order valence-electron chi connectivity index (χ4n) is 3.01. The Morgan fingerprint density at radius 1 is 1.05 bits per heavy atom. The van der Waals surface area contributed by atoms with Crippen LogP contribution in [0.2, 0.25) is 0 Å². The standard InChI is InChI=1S/C18H23N3/c1-2-8-16(9-3-1)15-21-13-7-5-10-17(21)14-20-18-11-4-6-12-19-18/h1-4,6,8-9,11-12,17H,5,7,10,13-15H2,(H,19,20). The van der Waals surface area contributed by atoms with E-state index in [0.29, 0.717) is 6.04 Å². The molecule has 1 aromatic heterocycles. The molecule has 1 saturated heterocycles. The number of aromatic nitrogens is 1. The minimum Gasteiger partial charge on any atom is -0.369 e. The van der Waals surface area contributed by atoms with Crippen molar-refractivity contribution in [1.29, 1.82) is 0 Å². The van der Waals surface area contributed by atoms with Crippen LogP contribution in [0.5, 0.6) is 0 Å². The van der Waals surface area contributed by atoms with Crippen LogP contribution in [0.15, 0.2) is 54.7 Å². The molecule has 21 heavy (non-hydrogen) atoms. The second-order valence-electron chi connectivity index (χ2n) is 5.70. The maximum Gasteiger partial charge on any atom is 0.125 e. The van der Waals surface area contributed by atoms with Crippen molar-refractivity contribution >= 4 is 5.82 Å². The molecular weight excluding hydrogens is 258 g/mol. The minimum absolute atomic E-state index is 0.598. The molecular formula is C18H23N3.